The summed E-state index contributed by atoms with van der Waals surface area (Å²) in [4.78, 5) is 16.6. The number of carbonyl (C=O) groups excluding carboxylic acids is 1. The molecule has 0 N–H and O–H groups in total. The van der Waals surface area contributed by atoms with Crippen LogP contribution >= 0.6 is 0 Å². The Morgan fingerprint density at radius 2 is 1.95 bits per heavy atom. The van der Waals surface area contributed by atoms with E-state index in [1.54, 1.807) is 12.4 Å². The Morgan fingerprint density at radius 3 is 2.71 bits per heavy atom. The largest absolute Gasteiger partial charge is 0.287 e. The highest BCUT2D eigenvalue weighted by Crippen LogP contribution is 2.10. The predicted molar refractivity (Wildman–Crippen MR) is 77.4 cm³/mol. The van der Waals surface area contributed by atoms with E-state index in [9.17, 15) is 9.18 Å². The first-order chi connectivity index (χ1) is 10.1. The van der Waals surface area contributed by atoms with Gasteiger partial charge in [-0.25, -0.2) is 9.37 Å². The van der Waals surface area contributed by atoms with E-state index < -0.39 is 0 Å². The van der Waals surface area contributed by atoms with Gasteiger partial charge in [0.25, 0.3) is 0 Å². The van der Waals surface area contributed by atoms with Gasteiger partial charge in [-0.05, 0) is 42.8 Å². The molecule has 1 aromatic heterocycles. The lowest BCUT2D eigenvalue weighted by molar-refractivity contribution is -0.657. The quantitative estimate of drug-likeness (QED) is 0.546. The Labute approximate surface area is 121 Å². The number of fused-ring (bicyclic) bond motifs is 1. The Kier molecular flexibility index (Phi) is 3.44. The third-order valence-corrected chi connectivity index (χ3v) is 3.38. The van der Waals surface area contributed by atoms with Crippen LogP contribution in [-0.2, 0) is 6.54 Å². The highest BCUT2D eigenvalue weighted by molar-refractivity contribution is 5.95. The zero-order valence-corrected chi connectivity index (χ0v) is 11.6. The van der Waals surface area contributed by atoms with E-state index in [0.29, 0.717) is 5.56 Å². The average molecular weight is 281 g/mol. The van der Waals surface area contributed by atoms with Crippen LogP contribution in [0, 0.1) is 12.7 Å². The van der Waals surface area contributed by atoms with Crippen LogP contribution in [0.4, 0.5) is 4.39 Å². The van der Waals surface area contributed by atoms with Crippen molar-refractivity contribution in [3.63, 3.8) is 0 Å². The predicted octanol–water partition coefficient (Wildman–Crippen LogP) is 2.85. The molecule has 3 rings (SSSR count). The monoisotopic (exact) mass is 281 g/mol. The summed E-state index contributed by atoms with van der Waals surface area (Å²) >= 11 is 0. The molecule has 0 aliphatic rings. The van der Waals surface area contributed by atoms with Gasteiger partial charge in [-0.3, -0.25) is 4.79 Å². The van der Waals surface area contributed by atoms with Gasteiger partial charge in [0, 0.05) is 11.6 Å². The first-order valence-electron chi connectivity index (χ1n) is 6.67. The molecule has 0 saturated carbocycles. The summed E-state index contributed by atoms with van der Waals surface area (Å²) in [7, 11) is 0. The third-order valence-electron chi connectivity index (χ3n) is 3.38. The molecule has 0 fully saturated rings. The number of ketones is 1. The van der Waals surface area contributed by atoms with Gasteiger partial charge in [-0.2, -0.15) is 4.57 Å². The number of rotatable bonds is 3. The van der Waals surface area contributed by atoms with E-state index >= 15 is 0 Å². The normalized spacial score (nSPS) is 10.8. The summed E-state index contributed by atoms with van der Waals surface area (Å²) in [5.74, 6) is -0.405. The second-order valence-electron chi connectivity index (χ2n) is 4.98. The van der Waals surface area contributed by atoms with Crippen molar-refractivity contribution in [3.05, 3.63) is 71.8 Å². The second-order valence-corrected chi connectivity index (χ2v) is 4.98. The van der Waals surface area contributed by atoms with E-state index in [-0.39, 0.29) is 18.1 Å². The number of benzene rings is 2. The number of hydrogen-bond acceptors (Lipinski definition) is 2. The number of aryl methyl sites for hydroxylation is 1. The number of halogens is 1. The number of nitrogens with zero attached hydrogens (tertiary/aromatic N) is 2. The Balaban J connectivity index is 1.94. The van der Waals surface area contributed by atoms with Crippen LogP contribution in [0.25, 0.3) is 11.0 Å². The lowest BCUT2D eigenvalue weighted by Gasteiger charge is -2.02. The van der Waals surface area contributed by atoms with Gasteiger partial charge in [0.05, 0.1) is 6.20 Å². The van der Waals surface area contributed by atoms with Crippen molar-refractivity contribution in [2.45, 2.75) is 13.5 Å². The van der Waals surface area contributed by atoms with Crippen LogP contribution in [0.15, 0.2) is 54.9 Å². The fourth-order valence-corrected chi connectivity index (χ4v) is 2.27. The van der Waals surface area contributed by atoms with Crippen molar-refractivity contribution in [1.29, 1.82) is 0 Å². The van der Waals surface area contributed by atoms with Crippen molar-refractivity contribution in [2.75, 3.05) is 0 Å². The summed E-state index contributed by atoms with van der Waals surface area (Å²) in [6, 6.07) is 11.5. The molecule has 0 amide bonds. The lowest BCUT2D eigenvalue weighted by atomic mass is 10.1. The third kappa shape index (κ3) is 2.79. The minimum atomic E-state index is -0.343. The molecule has 0 aliphatic heterocycles. The molecule has 1 heterocycles. The molecule has 0 saturated heterocycles. The topological polar surface area (TPSA) is 33.8 Å². The molecule has 0 aliphatic carbocycles. The van der Waals surface area contributed by atoms with Gasteiger partial charge < -0.3 is 0 Å². The standard InChI is InChI=1S/C17H14FN2O/c1-12-2-7-16-15(10-12)19-8-9-20(16)11-17(21)13-3-5-14(18)6-4-13/h2-10H,11H2,1H3/q+1. The van der Waals surface area contributed by atoms with Gasteiger partial charge in [0.2, 0.25) is 17.8 Å². The van der Waals surface area contributed by atoms with Gasteiger partial charge in [-0.15, -0.1) is 0 Å². The Hall–Kier alpha value is -2.62. The van der Waals surface area contributed by atoms with Crippen LogP contribution < -0.4 is 4.57 Å². The fourth-order valence-electron chi connectivity index (χ4n) is 2.27. The van der Waals surface area contributed by atoms with Gasteiger partial charge in [-0.1, -0.05) is 6.07 Å². The first-order valence-corrected chi connectivity index (χ1v) is 6.67. The number of Topliss-reactive ketones (excluding diaryl/α,β-unsaturated/α-hetero) is 1. The van der Waals surface area contributed by atoms with Crippen LogP contribution in [0.5, 0.6) is 0 Å². The average Bonchev–Trinajstić information content (AvgIpc) is 2.47. The van der Waals surface area contributed by atoms with Gasteiger partial charge >= 0.3 is 0 Å². The zero-order chi connectivity index (χ0) is 14.8. The van der Waals surface area contributed by atoms with Gasteiger partial charge in [0.15, 0.2) is 6.20 Å². The molecule has 0 radical (unpaired) electrons. The fraction of sp³-hybridized carbons (Fsp3) is 0.118. The van der Waals surface area contributed by atoms with E-state index in [1.807, 2.05) is 29.7 Å². The maximum absolute atomic E-state index is 12.9. The summed E-state index contributed by atoms with van der Waals surface area (Å²) in [6.07, 6.45) is 3.46. The van der Waals surface area contributed by atoms with Crippen LogP contribution in [0.3, 0.4) is 0 Å². The van der Waals surface area contributed by atoms with Crippen LogP contribution in [0.2, 0.25) is 0 Å². The van der Waals surface area contributed by atoms with Crippen LogP contribution in [0.1, 0.15) is 15.9 Å². The molecular weight excluding hydrogens is 267 g/mol. The number of hydrogen-bond donors (Lipinski definition) is 0. The van der Waals surface area contributed by atoms with E-state index in [0.717, 1.165) is 16.6 Å². The molecule has 3 nitrogen and oxygen atoms in total. The molecule has 4 heteroatoms. The SMILES string of the molecule is Cc1ccc2c(c1)ncc[n+]2CC(=O)c1ccc(F)cc1. The van der Waals surface area contributed by atoms with Gasteiger partial charge in [0.1, 0.15) is 11.3 Å². The molecule has 0 atom stereocenters. The highest BCUT2D eigenvalue weighted by atomic mass is 19.1. The lowest BCUT2D eigenvalue weighted by Crippen LogP contribution is -2.38. The molecular formula is C17H14FN2O+. The van der Waals surface area contributed by atoms with Crippen molar-refractivity contribution < 1.29 is 13.8 Å². The minimum absolute atomic E-state index is 0.0620. The number of aromatic nitrogens is 2. The molecule has 3 aromatic rings. The second kappa shape index (κ2) is 5.40. The van der Waals surface area contributed by atoms with E-state index in [1.165, 1.54) is 24.3 Å². The molecule has 21 heavy (non-hydrogen) atoms. The maximum atomic E-state index is 12.9. The molecule has 2 aromatic carbocycles. The Bertz CT molecular complexity index is 813. The molecule has 0 spiro atoms. The first kappa shape index (κ1) is 13.4. The molecule has 104 valence electrons. The molecule has 0 bridgehead atoms. The number of carbonyl (C=O) groups is 1. The zero-order valence-electron chi connectivity index (χ0n) is 11.6. The van der Waals surface area contributed by atoms with Crippen molar-refractivity contribution in [1.82, 2.24) is 4.98 Å². The molecule has 0 unspecified atom stereocenters. The smallest absolute Gasteiger partial charge is 0.231 e. The van der Waals surface area contributed by atoms with Crippen molar-refractivity contribution >= 4 is 16.8 Å². The summed E-state index contributed by atoms with van der Waals surface area (Å²) in [6.45, 7) is 2.20. The Morgan fingerprint density at radius 1 is 1.19 bits per heavy atom. The maximum Gasteiger partial charge on any atom is 0.231 e. The summed E-state index contributed by atoms with van der Waals surface area (Å²) in [5, 5.41) is 0. The van der Waals surface area contributed by atoms with Crippen molar-refractivity contribution in [3.8, 4) is 0 Å². The summed E-state index contributed by atoms with van der Waals surface area (Å²) < 4.78 is 14.8. The highest BCUT2D eigenvalue weighted by Gasteiger charge is 2.15. The van der Waals surface area contributed by atoms with Crippen LogP contribution in [-0.4, -0.2) is 10.8 Å². The summed E-state index contributed by atoms with van der Waals surface area (Å²) in [5.41, 5.74) is 3.38. The van der Waals surface area contributed by atoms with E-state index in [4.69, 9.17) is 0 Å². The van der Waals surface area contributed by atoms with Crippen molar-refractivity contribution in [2.24, 2.45) is 0 Å². The van der Waals surface area contributed by atoms with E-state index in [2.05, 4.69) is 4.98 Å². The minimum Gasteiger partial charge on any atom is -0.287 e.